The van der Waals surface area contributed by atoms with Crippen molar-refractivity contribution in [1.82, 2.24) is 15.4 Å². The van der Waals surface area contributed by atoms with E-state index >= 15 is 0 Å². The van der Waals surface area contributed by atoms with E-state index in [0.29, 0.717) is 28.7 Å². The fraction of sp³-hybridized carbons (Fsp3) is 0.0625. The van der Waals surface area contributed by atoms with Gasteiger partial charge in [-0.3, -0.25) is 4.79 Å². The molecule has 0 aliphatic rings. The first kappa shape index (κ1) is 13.2. The van der Waals surface area contributed by atoms with Crippen molar-refractivity contribution in [1.29, 1.82) is 0 Å². The summed E-state index contributed by atoms with van der Waals surface area (Å²) in [6, 6.07) is 15.9. The molecule has 1 atom stereocenters. The van der Waals surface area contributed by atoms with Gasteiger partial charge in [-0.1, -0.05) is 54.6 Å². The number of aliphatic hydroxyl groups is 1. The lowest BCUT2D eigenvalue weighted by Crippen LogP contribution is -2.29. The topological polar surface area (TPSA) is 78.9 Å². The van der Waals surface area contributed by atoms with Crippen LogP contribution in [0, 0.1) is 0 Å². The predicted octanol–water partition coefficient (Wildman–Crippen LogP) is 1.91. The van der Waals surface area contributed by atoms with Crippen LogP contribution in [0.2, 0.25) is 0 Å². The second-order valence-corrected chi connectivity index (χ2v) is 4.65. The molecule has 2 aromatic carbocycles. The molecule has 0 amide bonds. The minimum atomic E-state index is -1.73. The molecule has 0 aliphatic heterocycles. The minimum Gasteiger partial charge on any atom is -0.373 e. The van der Waals surface area contributed by atoms with Gasteiger partial charge in [0.25, 0.3) is 0 Å². The van der Waals surface area contributed by atoms with Gasteiger partial charge in [0.2, 0.25) is 0 Å². The van der Waals surface area contributed by atoms with Gasteiger partial charge in [0.05, 0.1) is 6.20 Å². The maximum atomic E-state index is 11.7. The Bertz CT molecular complexity index is 741. The van der Waals surface area contributed by atoms with Gasteiger partial charge in [-0.2, -0.15) is 15.4 Å². The average Bonchev–Trinajstić information content (AvgIpc) is 3.09. The van der Waals surface area contributed by atoms with Crippen molar-refractivity contribution in [3.8, 4) is 11.3 Å². The van der Waals surface area contributed by atoms with Gasteiger partial charge in [-0.05, 0) is 5.56 Å². The van der Waals surface area contributed by atoms with E-state index in [4.69, 9.17) is 0 Å². The zero-order chi connectivity index (χ0) is 14.7. The molecule has 0 spiro atoms. The fourth-order valence-corrected chi connectivity index (χ4v) is 2.35. The van der Waals surface area contributed by atoms with Crippen LogP contribution in [0.1, 0.15) is 11.1 Å². The molecule has 3 rings (SSSR count). The Hall–Kier alpha value is -2.79. The summed E-state index contributed by atoms with van der Waals surface area (Å²) in [5.74, 6) is 0. The summed E-state index contributed by atoms with van der Waals surface area (Å²) in [5, 5.41) is 21.3. The number of carbonyl (C=O) groups excluding carboxylic acids is 1. The minimum absolute atomic E-state index is 0.472. The molecule has 104 valence electrons. The van der Waals surface area contributed by atoms with Crippen LogP contribution in [0.5, 0.6) is 0 Å². The summed E-state index contributed by atoms with van der Waals surface area (Å²) in [5.41, 5.74) is 0.485. The largest absolute Gasteiger partial charge is 0.373 e. The standard InChI is InChI=1S/C16H13N3O2/c20-11-16(21,12-6-2-1-3-7-12)14-9-5-4-8-13(14)15-10-17-19-18-15/h1-11,21H,(H,17,18,19). The molecular formula is C16H13N3O2. The first-order valence-electron chi connectivity index (χ1n) is 6.45. The van der Waals surface area contributed by atoms with Gasteiger partial charge >= 0.3 is 0 Å². The Morgan fingerprint density at radius 3 is 2.43 bits per heavy atom. The van der Waals surface area contributed by atoms with E-state index in [0.717, 1.165) is 0 Å². The summed E-state index contributed by atoms with van der Waals surface area (Å²) >= 11 is 0. The molecule has 0 radical (unpaired) electrons. The molecule has 1 unspecified atom stereocenters. The third-order valence-corrected chi connectivity index (χ3v) is 3.41. The third-order valence-electron chi connectivity index (χ3n) is 3.41. The molecule has 3 aromatic rings. The number of aromatic amines is 1. The van der Waals surface area contributed by atoms with Crippen molar-refractivity contribution in [3.63, 3.8) is 0 Å². The number of aldehydes is 1. The van der Waals surface area contributed by atoms with Crippen molar-refractivity contribution in [3.05, 3.63) is 71.9 Å². The monoisotopic (exact) mass is 279 g/mol. The van der Waals surface area contributed by atoms with Crippen LogP contribution < -0.4 is 0 Å². The number of rotatable bonds is 4. The van der Waals surface area contributed by atoms with Crippen LogP contribution in [-0.2, 0) is 10.4 Å². The molecule has 0 aliphatic carbocycles. The van der Waals surface area contributed by atoms with E-state index in [2.05, 4.69) is 15.4 Å². The summed E-state index contributed by atoms with van der Waals surface area (Å²) in [7, 11) is 0. The lowest BCUT2D eigenvalue weighted by molar-refractivity contribution is -0.121. The molecule has 1 heterocycles. The molecule has 0 fully saturated rings. The van der Waals surface area contributed by atoms with Crippen molar-refractivity contribution >= 4 is 6.29 Å². The van der Waals surface area contributed by atoms with E-state index in [1.54, 1.807) is 48.7 Å². The van der Waals surface area contributed by atoms with Gasteiger partial charge in [0, 0.05) is 11.1 Å². The van der Waals surface area contributed by atoms with Crippen LogP contribution in [0.3, 0.4) is 0 Å². The molecule has 5 nitrogen and oxygen atoms in total. The van der Waals surface area contributed by atoms with Crippen molar-refractivity contribution in [2.45, 2.75) is 5.60 Å². The highest BCUT2D eigenvalue weighted by molar-refractivity contribution is 5.78. The maximum Gasteiger partial charge on any atom is 0.171 e. The summed E-state index contributed by atoms with van der Waals surface area (Å²) in [6.07, 6.45) is 2.09. The van der Waals surface area contributed by atoms with Gasteiger partial charge in [-0.25, -0.2) is 0 Å². The zero-order valence-corrected chi connectivity index (χ0v) is 11.1. The molecule has 0 saturated carbocycles. The quantitative estimate of drug-likeness (QED) is 0.715. The molecular weight excluding hydrogens is 266 g/mol. The lowest BCUT2D eigenvalue weighted by atomic mass is 9.84. The van der Waals surface area contributed by atoms with Crippen LogP contribution in [-0.4, -0.2) is 26.8 Å². The highest BCUT2D eigenvalue weighted by Crippen LogP contribution is 2.34. The second kappa shape index (κ2) is 5.30. The number of aromatic nitrogens is 3. The second-order valence-electron chi connectivity index (χ2n) is 4.65. The molecule has 1 aromatic heterocycles. The average molecular weight is 279 g/mol. The number of H-pyrrole nitrogens is 1. The smallest absolute Gasteiger partial charge is 0.171 e. The van der Waals surface area contributed by atoms with Crippen LogP contribution in [0.4, 0.5) is 0 Å². The van der Waals surface area contributed by atoms with Gasteiger partial charge in [0.1, 0.15) is 5.69 Å². The maximum absolute atomic E-state index is 11.7. The van der Waals surface area contributed by atoms with E-state index < -0.39 is 5.60 Å². The van der Waals surface area contributed by atoms with Crippen LogP contribution in [0.25, 0.3) is 11.3 Å². The summed E-state index contributed by atoms with van der Waals surface area (Å²) in [4.78, 5) is 11.7. The Morgan fingerprint density at radius 1 is 1.05 bits per heavy atom. The Balaban J connectivity index is 2.21. The van der Waals surface area contributed by atoms with Crippen molar-refractivity contribution in [2.24, 2.45) is 0 Å². The molecule has 2 N–H and O–H groups in total. The Morgan fingerprint density at radius 2 is 1.76 bits per heavy atom. The van der Waals surface area contributed by atoms with Crippen LogP contribution in [0.15, 0.2) is 60.8 Å². The Labute approximate surface area is 121 Å². The summed E-state index contributed by atoms with van der Waals surface area (Å²) < 4.78 is 0. The van der Waals surface area contributed by atoms with Gasteiger partial charge < -0.3 is 5.11 Å². The number of benzene rings is 2. The number of hydrogen-bond acceptors (Lipinski definition) is 4. The normalized spacial score (nSPS) is 13.6. The van der Waals surface area contributed by atoms with Crippen LogP contribution >= 0.6 is 0 Å². The van der Waals surface area contributed by atoms with E-state index in [1.807, 2.05) is 12.1 Å². The number of carbonyl (C=O) groups is 1. The lowest BCUT2D eigenvalue weighted by Gasteiger charge is -2.25. The Kier molecular flexibility index (Phi) is 3.33. The van der Waals surface area contributed by atoms with E-state index in [9.17, 15) is 9.90 Å². The predicted molar refractivity (Wildman–Crippen MR) is 77.3 cm³/mol. The SMILES string of the molecule is O=CC(O)(c1ccccc1)c1ccccc1-c1cn[nH]n1. The van der Waals surface area contributed by atoms with Gasteiger partial charge in [-0.15, -0.1) is 0 Å². The molecule has 0 saturated heterocycles. The first-order chi connectivity index (χ1) is 10.3. The summed E-state index contributed by atoms with van der Waals surface area (Å²) in [6.45, 7) is 0. The van der Waals surface area contributed by atoms with E-state index in [-0.39, 0.29) is 0 Å². The number of hydrogen-bond donors (Lipinski definition) is 2. The molecule has 5 heteroatoms. The molecule has 21 heavy (non-hydrogen) atoms. The van der Waals surface area contributed by atoms with Crippen molar-refractivity contribution in [2.75, 3.05) is 0 Å². The first-order valence-corrected chi connectivity index (χ1v) is 6.45. The van der Waals surface area contributed by atoms with E-state index in [1.165, 1.54) is 0 Å². The third kappa shape index (κ3) is 2.23. The molecule has 0 bridgehead atoms. The number of nitrogens with one attached hydrogen (secondary N) is 1. The highest BCUT2D eigenvalue weighted by Gasteiger charge is 2.33. The number of nitrogens with zero attached hydrogens (tertiary/aromatic N) is 2. The fourth-order valence-electron chi connectivity index (χ4n) is 2.35. The van der Waals surface area contributed by atoms with Crippen molar-refractivity contribution < 1.29 is 9.90 Å². The highest BCUT2D eigenvalue weighted by atomic mass is 16.3. The zero-order valence-electron chi connectivity index (χ0n) is 11.1. The van der Waals surface area contributed by atoms with Gasteiger partial charge in [0.15, 0.2) is 11.9 Å².